The van der Waals surface area contributed by atoms with Crippen molar-refractivity contribution in [3.63, 3.8) is 0 Å². The minimum absolute atomic E-state index is 0.196. The van der Waals surface area contributed by atoms with Crippen molar-refractivity contribution in [2.24, 2.45) is 0 Å². The highest BCUT2D eigenvalue weighted by Gasteiger charge is 2.31. The smallest absolute Gasteiger partial charge is 0.241 e. The topological polar surface area (TPSA) is 32.8 Å². The third-order valence-electron chi connectivity index (χ3n) is 4.04. The Kier molecular flexibility index (Phi) is 4.17. The van der Waals surface area contributed by atoms with E-state index in [1.54, 1.807) is 7.11 Å². The van der Waals surface area contributed by atoms with E-state index in [1.807, 2.05) is 40.9 Å². The normalized spacial score (nSPS) is 24.1. The van der Waals surface area contributed by atoms with Crippen LogP contribution in [0.3, 0.4) is 0 Å². The average Bonchev–Trinajstić information content (AvgIpc) is 3.01. The van der Waals surface area contributed by atoms with Gasteiger partial charge in [0.25, 0.3) is 0 Å². The average molecular weight is 292 g/mol. The summed E-state index contributed by atoms with van der Waals surface area (Å²) in [6.07, 6.45) is 1.22. The van der Waals surface area contributed by atoms with Crippen molar-refractivity contribution in [2.75, 3.05) is 43.1 Å². The van der Waals surface area contributed by atoms with Crippen molar-refractivity contribution in [3.8, 4) is 5.75 Å². The largest absolute Gasteiger partial charge is 0.497 e. The Morgan fingerprint density at radius 2 is 2.25 bits per heavy atom. The number of hydrogen-bond donors (Lipinski definition) is 0. The maximum atomic E-state index is 12.4. The summed E-state index contributed by atoms with van der Waals surface area (Å²) in [6.45, 7) is 2.28. The Labute approximate surface area is 124 Å². The summed E-state index contributed by atoms with van der Waals surface area (Å²) in [5, 5.41) is 0. The number of anilines is 1. The zero-order chi connectivity index (χ0) is 13.9. The molecule has 2 aliphatic rings. The number of hydrogen-bond acceptors (Lipinski definition) is 4. The Hall–Kier alpha value is -1.20. The molecule has 0 N–H and O–H groups in total. The first kappa shape index (κ1) is 13.8. The molecule has 1 atom stereocenters. The van der Waals surface area contributed by atoms with Crippen molar-refractivity contribution in [1.82, 2.24) is 4.90 Å². The van der Waals surface area contributed by atoms with E-state index in [2.05, 4.69) is 4.90 Å². The van der Waals surface area contributed by atoms with Gasteiger partial charge < -0.3 is 9.64 Å². The first-order chi connectivity index (χ1) is 9.78. The predicted molar refractivity (Wildman–Crippen MR) is 82.7 cm³/mol. The lowest BCUT2D eigenvalue weighted by Crippen LogP contribution is -2.53. The Morgan fingerprint density at radius 3 is 2.95 bits per heavy atom. The number of rotatable bonds is 3. The van der Waals surface area contributed by atoms with Crippen LogP contribution in [0.25, 0.3) is 0 Å². The molecule has 0 bridgehead atoms. The molecule has 4 nitrogen and oxygen atoms in total. The zero-order valence-corrected chi connectivity index (χ0v) is 12.6. The fourth-order valence-corrected chi connectivity index (χ4v) is 4.12. The number of nitrogens with zero attached hydrogens (tertiary/aromatic N) is 2. The Balaban J connectivity index is 1.69. The molecule has 2 heterocycles. The van der Waals surface area contributed by atoms with Gasteiger partial charge in [-0.05, 0) is 24.3 Å². The van der Waals surface area contributed by atoms with Crippen molar-refractivity contribution in [2.45, 2.75) is 12.5 Å². The van der Waals surface area contributed by atoms with Crippen LogP contribution in [0.15, 0.2) is 24.3 Å². The number of piperazine rings is 1. The molecule has 20 heavy (non-hydrogen) atoms. The van der Waals surface area contributed by atoms with Crippen LogP contribution >= 0.6 is 11.8 Å². The van der Waals surface area contributed by atoms with Gasteiger partial charge in [0.1, 0.15) is 5.75 Å². The van der Waals surface area contributed by atoms with Crippen LogP contribution in [0.4, 0.5) is 5.69 Å². The number of benzene rings is 1. The van der Waals surface area contributed by atoms with Gasteiger partial charge in [0.05, 0.1) is 13.7 Å². The zero-order valence-electron chi connectivity index (χ0n) is 11.7. The summed E-state index contributed by atoms with van der Waals surface area (Å²) in [7, 11) is 1.65. The third-order valence-corrected chi connectivity index (χ3v) is 5.18. The molecule has 1 unspecified atom stereocenters. The van der Waals surface area contributed by atoms with Crippen molar-refractivity contribution in [3.05, 3.63) is 24.3 Å². The molecule has 0 aromatic heterocycles. The molecule has 2 saturated heterocycles. The van der Waals surface area contributed by atoms with E-state index < -0.39 is 0 Å². The number of thioether (sulfide) groups is 1. The van der Waals surface area contributed by atoms with Crippen LogP contribution in [0.2, 0.25) is 0 Å². The van der Waals surface area contributed by atoms with Gasteiger partial charge in [-0.3, -0.25) is 9.69 Å². The van der Waals surface area contributed by atoms with Crippen LogP contribution < -0.4 is 9.64 Å². The second kappa shape index (κ2) is 6.06. The van der Waals surface area contributed by atoms with Gasteiger partial charge in [-0.2, -0.15) is 11.8 Å². The molecule has 0 saturated carbocycles. The number of carbonyl (C=O) groups is 1. The molecular formula is C15H20N2O2S. The van der Waals surface area contributed by atoms with Crippen LogP contribution in [0.5, 0.6) is 5.75 Å². The quantitative estimate of drug-likeness (QED) is 0.851. The SMILES string of the molecule is COc1cccc(N2CCN(C3CCSC3)CC2=O)c1. The van der Waals surface area contributed by atoms with Crippen molar-refractivity contribution < 1.29 is 9.53 Å². The molecule has 1 aromatic carbocycles. The molecule has 2 aliphatic heterocycles. The summed E-state index contributed by atoms with van der Waals surface area (Å²) >= 11 is 2.00. The second-order valence-electron chi connectivity index (χ2n) is 5.23. The van der Waals surface area contributed by atoms with Crippen LogP contribution in [-0.4, -0.2) is 55.1 Å². The van der Waals surface area contributed by atoms with E-state index in [9.17, 15) is 4.79 Å². The molecular weight excluding hydrogens is 272 g/mol. The minimum atomic E-state index is 0.196. The fraction of sp³-hybridized carbons (Fsp3) is 0.533. The summed E-state index contributed by atoms with van der Waals surface area (Å²) < 4.78 is 5.23. The van der Waals surface area contributed by atoms with Gasteiger partial charge >= 0.3 is 0 Å². The summed E-state index contributed by atoms with van der Waals surface area (Å²) in [4.78, 5) is 16.6. The van der Waals surface area contributed by atoms with Crippen molar-refractivity contribution in [1.29, 1.82) is 0 Å². The molecule has 1 amide bonds. The number of ether oxygens (including phenoxy) is 1. The summed E-state index contributed by atoms with van der Waals surface area (Å²) in [5.74, 6) is 3.40. The highest BCUT2D eigenvalue weighted by Crippen LogP contribution is 2.26. The second-order valence-corrected chi connectivity index (χ2v) is 6.38. The van der Waals surface area contributed by atoms with Crippen molar-refractivity contribution >= 4 is 23.4 Å². The third kappa shape index (κ3) is 2.79. The maximum Gasteiger partial charge on any atom is 0.241 e. The van der Waals surface area contributed by atoms with E-state index in [0.29, 0.717) is 12.6 Å². The van der Waals surface area contributed by atoms with E-state index >= 15 is 0 Å². The lowest BCUT2D eigenvalue weighted by molar-refractivity contribution is -0.121. The first-order valence-electron chi connectivity index (χ1n) is 7.04. The molecule has 5 heteroatoms. The molecule has 2 fully saturated rings. The van der Waals surface area contributed by atoms with E-state index in [1.165, 1.54) is 17.9 Å². The molecule has 0 spiro atoms. The number of methoxy groups -OCH3 is 1. The van der Waals surface area contributed by atoms with Crippen LogP contribution in [-0.2, 0) is 4.79 Å². The Morgan fingerprint density at radius 1 is 1.35 bits per heavy atom. The highest BCUT2D eigenvalue weighted by atomic mass is 32.2. The predicted octanol–water partition coefficient (Wildman–Crippen LogP) is 1.85. The van der Waals surface area contributed by atoms with Crippen LogP contribution in [0.1, 0.15) is 6.42 Å². The van der Waals surface area contributed by atoms with Crippen LogP contribution in [0, 0.1) is 0 Å². The van der Waals surface area contributed by atoms with Gasteiger partial charge in [-0.15, -0.1) is 0 Å². The number of amides is 1. The van der Waals surface area contributed by atoms with E-state index in [4.69, 9.17) is 4.74 Å². The summed E-state index contributed by atoms with van der Waals surface area (Å²) in [6, 6.07) is 8.33. The van der Waals surface area contributed by atoms with Gasteiger partial charge in [0.15, 0.2) is 0 Å². The Bertz CT molecular complexity index is 489. The number of carbonyl (C=O) groups excluding carboxylic acids is 1. The van der Waals surface area contributed by atoms with E-state index in [0.717, 1.165) is 24.5 Å². The first-order valence-corrected chi connectivity index (χ1v) is 8.19. The van der Waals surface area contributed by atoms with Gasteiger partial charge in [-0.1, -0.05) is 6.07 Å². The van der Waals surface area contributed by atoms with Gasteiger partial charge in [0, 0.05) is 36.6 Å². The maximum absolute atomic E-state index is 12.4. The minimum Gasteiger partial charge on any atom is -0.497 e. The lowest BCUT2D eigenvalue weighted by atomic mass is 10.1. The molecule has 3 rings (SSSR count). The monoisotopic (exact) mass is 292 g/mol. The van der Waals surface area contributed by atoms with Gasteiger partial charge in [0.2, 0.25) is 5.91 Å². The molecule has 0 aliphatic carbocycles. The highest BCUT2D eigenvalue weighted by molar-refractivity contribution is 7.99. The van der Waals surface area contributed by atoms with Gasteiger partial charge in [-0.25, -0.2) is 0 Å². The molecule has 1 aromatic rings. The standard InChI is InChI=1S/C15H20N2O2S/c1-19-14-4-2-3-12(9-14)17-7-6-16(10-15(17)18)13-5-8-20-11-13/h2-4,9,13H,5-8,10-11H2,1H3. The molecule has 108 valence electrons. The van der Waals surface area contributed by atoms with E-state index in [-0.39, 0.29) is 5.91 Å². The summed E-state index contributed by atoms with van der Waals surface area (Å²) in [5.41, 5.74) is 0.940. The fourth-order valence-electron chi connectivity index (χ4n) is 2.86. The lowest BCUT2D eigenvalue weighted by Gasteiger charge is -2.37. The molecule has 0 radical (unpaired) electrons.